The van der Waals surface area contributed by atoms with Crippen molar-refractivity contribution in [1.82, 2.24) is 4.90 Å². The Labute approximate surface area is 123 Å². The molecule has 2 bridgehead atoms. The smallest absolute Gasteiger partial charge is 0.228 e. The van der Waals surface area contributed by atoms with Crippen molar-refractivity contribution in [3.63, 3.8) is 0 Å². The van der Waals surface area contributed by atoms with E-state index in [1.165, 1.54) is 5.56 Å². The molecule has 4 rings (SSSR count). The second-order valence-corrected chi connectivity index (χ2v) is 6.54. The van der Waals surface area contributed by atoms with Gasteiger partial charge in [0.05, 0.1) is 24.2 Å². The molecule has 106 valence electrons. The second kappa shape index (κ2) is 4.74. The van der Waals surface area contributed by atoms with Crippen molar-refractivity contribution in [3.8, 4) is 0 Å². The van der Waals surface area contributed by atoms with Crippen LogP contribution < -0.4 is 0 Å². The number of benzene rings is 1. The lowest BCUT2D eigenvalue weighted by molar-refractivity contribution is -0.145. The molecule has 0 radical (unpaired) electrons. The van der Waals surface area contributed by atoms with Gasteiger partial charge < -0.3 is 9.64 Å². The molecule has 0 N–H and O–H groups in total. The number of carbonyl (C=O) groups is 1. The fourth-order valence-electron chi connectivity index (χ4n) is 3.79. The number of amides is 1. The van der Waals surface area contributed by atoms with Gasteiger partial charge in [0, 0.05) is 11.6 Å². The molecule has 1 aromatic carbocycles. The van der Waals surface area contributed by atoms with Gasteiger partial charge in [-0.2, -0.15) is 0 Å². The van der Waals surface area contributed by atoms with Crippen molar-refractivity contribution < 1.29 is 9.53 Å². The molecule has 0 saturated carbocycles. The lowest BCUT2D eigenvalue weighted by atomic mass is 9.85. The highest BCUT2D eigenvalue weighted by atomic mass is 35.5. The van der Waals surface area contributed by atoms with Crippen LogP contribution in [0.4, 0.5) is 0 Å². The number of carbonyl (C=O) groups excluding carboxylic acids is 1. The summed E-state index contributed by atoms with van der Waals surface area (Å²) in [5.74, 6) is 0.396. The van der Waals surface area contributed by atoms with Crippen molar-refractivity contribution in [2.75, 3.05) is 6.54 Å². The second-order valence-electron chi connectivity index (χ2n) is 6.10. The molecule has 4 unspecified atom stereocenters. The quantitative estimate of drug-likeness (QED) is 0.837. The van der Waals surface area contributed by atoms with Crippen molar-refractivity contribution in [3.05, 3.63) is 34.9 Å². The van der Waals surface area contributed by atoms with Gasteiger partial charge in [0.25, 0.3) is 0 Å². The average molecular weight is 292 g/mol. The van der Waals surface area contributed by atoms with E-state index in [0.29, 0.717) is 12.0 Å². The summed E-state index contributed by atoms with van der Waals surface area (Å²) < 4.78 is 5.82. The summed E-state index contributed by atoms with van der Waals surface area (Å²) in [6, 6.07) is 8.10. The Kier molecular flexibility index (Phi) is 3.00. The maximum atomic E-state index is 12.7. The molecule has 3 fully saturated rings. The van der Waals surface area contributed by atoms with Crippen molar-refractivity contribution >= 4 is 17.5 Å². The molecule has 3 heterocycles. The van der Waals surface area contributed by atoms with E-state index in [1.54, 1.807) is 0 Å². The fraction of sp³-hybridized carbons (Fsp3) is 0.562. The van der Waals surface area contributed by atoms with Crippen LogP contribution in [0.3, 0.4) is 0 Å². The molecule has 3 aliphatic rings. The molecular weight excluding hydrogens is 274 g/mol. The Bertz CT molecular complexity index is 530. The number of nitrogens with zero attached hydrogens (tertiary/aromatic N) is 1. The molecule has 3 nitrogen and oxygen atoms in total. The van der Waals surface area contributed by atoms with Crippen molar-refractivity contribution in [2.24, 2.45) is 5.92 Å². The van der Waals surface area contributed by atoms with E-state index in [0.717, 1.165) is 37.3 Å². The van der Waals surface area contributed by atoms with Gasteiger partial charge in [-0.05, 0) is 43.4 Å². The molecule has 3 aliphatic heterocycles. The van der Waals surface area contributed by atoms with Crippen molar-refractivity contribution in [2.45, 2.75) is 43.9 Å². The Morgan fingerprint density at radius 1 is 1.20 bits per heavy atom. The van der Waals surface area contributed by atoms with E-state index >= 15 is 0 Å². The summed E-state index contributed by atoms with van der Waals surface area (Å²) >= 11 is 5.93. The third-order valence-electron chi connectivity index (χ3n) is 4.98. The molecule has 0 spiro atoms. The van der Waals surface area contributed by atoms with Gasteiger partial charge in [-0.15, -0.1) is 0 Å². The minimum Gasteiger partial charge on any atom is -0.374 e. The summed E-state index contributed by atoms with van der Waals surface area (Å²) in [5, 5.41) is 0.743. The normalized spacial score (nSPS) is 35.1. The zero-order valence-corrected chi connectivity index (χ0v) is 12.1. The van der Waals surface area contributed by atoms with Crippen LogP contribution in [0.2, 0.25) is 5.02 Å². The van der Waals surface area contributed by atoms with Crippen LogP contribution in [0.15, 0.2) is 24.3 Å². The number of likely N-dealkylation sites (tertiary alicyclic amines) is 1. The van der Waals surface area contributed by atoms with Gasteiger partial charge in [0.1, 0.15) is 0 Å². The summed E-state index contributed by atoms with van der Waals surface area (Å²) in [7, 11) is 0. The summed E-state index contributed by atoms with van der Waals surface area (Å²) in [5.41, 5.74) is 1.19. The van der Waals surface area contributed by atoms with Gasteiger partial charge in [0.2, 0.25) is 5.91 Å². The van der Waals surface area contributed by atoms with Crippen molar-refractivity contribution in [1.29, 1.82) is 0 Å². The van der Waals surface area contributed by atoms with Crippen LogP contribution in [0.25, 0.3) is 0 Å². The van der Waals surface area contributed by atoms with E-state index in [1.807, 2.05) is 29.2 Å². The topological polar surface area (TPSA) is 29.5 Å². The van der Waals surface area contributed by atoms with Gasteiger partial charge in [-0.25, -0.2) is 0 Å². The van der Waals surface area contributed by atoms with E-state index < -0.39 is 0 Å². The largest absolute Gasteiger partial charge is 0.374 e. The van der Waals surface area contributed by atoms with E-state index in [2.05, 4.69) is 0 Å². The number of ether oxygens (including phenoxy) is 1. The highest BCUT2D eigenvalue weighted by Gasteiger charge is 2.48. The maximum Gasteiger partial charge on any atom is 0.228 e. The van der Waals surface area contributed by atoms with E-state index in [4.69, 9.17) is 16.3 Å². The molecule has 0 aliphatic carbocycles. The summed E-state index contributed by atoms with van der Waals surface area (Å²) in [6.45, 7) is 0.875. The monoisotopic (exact) mass is 291 g/mol. The van der Waals surface area contributed by atoms with Gasteiger partial charge in [-0.3, -0.25) is 4.79 Å². The first-order valence-electron chi connectivity index (χ1n) is 7.44. The minimum atomic E-state index is 0.101. The van der Waals surface area contributed by atoms with E-state index in [-0.39, 0.29) is 18.1 Å². The van der Waals surface area contributed by atoms with Crippen LogP contribution in [0.1, 0.15) is 37.3 Å². The van der Waals surface area contributed by atoms with Gasteiger partial charge >= 0.3 is 0 Å². The molecule has 4 atom stereocenters. The third-order valence-corrected chi connectivity index (χ3v) is 5.23. The number of halogens is 1. The van der Waals surface area contributed by atoms with E-state index in [9.17, 15) is 4.79 Å². The standard InChI is InChI=1S/C16H18ClNO2/c17-11-3-1-10(2-4-11)14-7-8-18(14)16(19)13-9-12-5-6-15(13)20-12/h1-4,12-15H,5-9H2. The molecule has 1 aromatic rings. The first kappa shape index (κ1) is 12.7. The maximum absolute atomic E-state index is 12.7. The Morgan fingerprint density at radius 2 is 2.00 bits per heavy atom. The highest BCUT2D eigenvalue weighted by Crippen LogP contribution is 2.43. The number of hydrogen-bond donors (Lipinski definition) is 0. The zero-order valence-electron chi connectivity index (χ0n) is 11.3. The van der Waals surface area contributed by atoms with Gasteiger partial charge in [0.15, 0.2) is 0 Å². The average Bonchev–Trinajstić information content (AvgIpc) is 3.02. The molecular formula is C16H18ClNO2. The van der Waals surface area contributed by atoms with Crippen LogP contribution in [-0.4, -0.2) is 29.6 Å². The zero-order chi connectivity index (χ0) is 13.7. The van der Waals surface area contributed by atoms with Gasteiger partial charge in [-0.1, -0.05) is 23.7 Å². The minimum absolute atomic E-state index is 0.101. The number of rotatable bonds is 2. The Balaban J connectivity index is 1.49. The number of hydrogen-bond acceptors (Lipinski definition) is 2. The predicted molar refractivity (Wildman–Crippen MR) is 76.5 cm³/mol. The molecule has 20 heavy (non-hydrogen) atoms. The first-order valence-corrected chi connectivity index (χ1v) is 7.81. The van der Waals surface area contributed by atoms with Crippen LogP contribution >= 0.6 is 11.6 Å². The highest BCUT2D eigenvalue weighted by molar-refractivity contribution is 6.30. The fourth-order valence-corrected chi connectivity index (χ4v) is 3.92. The Morgan fingerprint density at radius 3 is 2.55 bits per heavy atom. The molecule has 0 aromatic heterocycles. The van der Waals surface area contributed by atoms with Crippen LogP contribution in [-0.2, 0) is 9.53 Å². The molecule has 4 heteroatoms. The summed E-state index contributed by atoms with van der Waals surface area (Å²) in [4.78, 5) is 14.7. The lowest BCUT2D eigenvalue weighted by Crippen LogP contribution is -2.49. The SMILES string of the molecule is O=C(C1CC2CCC1O2)N1CCC1c1ccc(Cl)cc1. The molecule has 1 amide bonds. The van der Waals surface area contributed by atoms with Crippen LogP contribution in [0.5, 0.6) is 0 Å². The lowest BCUT2D eigenvalue weighted by Gasteiger charge is -2.43. The summed E-state index contributed by atoms with van der Waals surface area (Å²) in [6.07, 6.45) is 4.68. The molecule has 3 saturated heterocycles. The Hall–Kier alpha value is -1.06. The first-order chi connectivity index (χ1) is 9.72. The number of fused-ring (bicyclic) bond motifs is 2. The van der Waals surface area contributed by atoms with Crippen LogP contribution in [0, 0.1) is 5.92 Å². The third kappa shape index (κ3) is 1.95. The predicted octanol–water partition coefficient (Wildman–Crippen LogP) is 3.18.